The summed E-state index contributed by atoms with van der Waals surface area (Å²) in [6.07, 6.45) is 4.62. The largest absolute Gasteiger partial charge is 0.299 e. The molecule has 92 valence electrons. The first kappa shape index (κ1) is 12.3. The summed E-state index contributed by atoms with van der Waals surface area (Å²) in [6, 6.07) is 8.12. The molecule has 0 N–H and O–H groups in total. The number of hydrogen-bond acceptors (Lipinski definition) is 2. The first-order chi connectivity index (χ1) is 8.29. The molecule has 2 rings (SSSR count). The lowest BCUT2D eigenvalue weighted by Crippen LogP contribution is -2.29. The fourth-order valence-corrected chi connectivity index (χ4v) is 2.38. The normalized spacial score (nSPS) is 17.0. The van der Waals surface area contributed by atoms with E-state index in [2.05, 4.69) is 17.0 Å². The molecule has 1 aromatic rings. The molecule has 1 saturated heterocycles. The van der Waals surface area contributed by atoms with Crippen LogP contribution in [0.15, 0.2) is 24.3 Å². The van der Waals surface area contributed by atoms with Gasteiger partial charge in [-0.3, -0.25) is 9.69 Å². The van der Waals surface area contributed by atoms with E-state index in [9.17, 15) is 4.79 Å². The minimum absolute atomic E-state index is 0.231. The van der Waals surface area contributed by atoms with E-state index in [1.807, 2.05) is 19.1 Å². The van der Waals surface area contributed by atoms with Crippen LogP contribution < -0.4 is 0 Å². The summed E-state index contributed by atoms with van der Waals surface area (Å²) in [7, 11) is 0. The van der Waals surface area contributed by atoms with Gasteiger partial charge in [0.2, 0.25) is 0 Å². The maximum atomic E-state index is 11.5. The summed E-state index contributed by atoms with van der Waals surface area (Å²) in [5.41, 5.74) is 2.16. The van der Waals surface area contributed by atoms with Crippen LogP contribution in [-0.2, 0) is 6.54 Å². The van der Waals surface area contributed by atoms with Gasteiger partial charge in [-0.25, -0.2) is 0 Å². The molecule has 0 atom stereocenters. The number of Topliss-reactive ketones (excluding diaryl/α,β-unsaturated/α-hetero) is 1. The van der Waals surface area contributed by atoms with Gasteiger partial charge in [-0.05, 0) is 31.5 Å². The van der Waals surface area contributed by atoms with Crippen LogP contribution in [0.3, 0.4) is 0 Å². The molecule has 2 nitrogen and oxygen atoms in total. The summed E-state index contributed by atoms with van der Waals surface area (Å²) in [4.78, 5) is 14.0. The smallest absolute Gasteiger partial charge is 0.162 e. The van der Waals surface area contributed by atoms with Crippen LogP contribution in [0.1, 0.15) is 48.5 Å². The maximum Gasteiger partial charge on any atom is 0.162 e. The molecule has 0 amide bonds. The third-order valence-electron chi connectivity index (χ3n) is 3.45. The fourth-order valence-electron chi connectivity index (χ4n) is 2.38. The monoisotopic (exact) mass is 231 g/mol. The lowest BCUT2D eigenvalue weighted by atomic mass is 10.1. The Kier molecular flexibility index (Phi) is 4.32. The van der Waals surface area contributed by atoms with Crippen LogP contribution in [0.5, 0.6) is 0 Å². The standard InChI is InChI=1S/C15H21NO/c1-2-15(17)14-8-6-13(7-9-14)12-16-10-4-3-5-11-16/h6-9H,2-5,10-12H2,1H3. The molecule has 1 aromatic carbocycles. The van der Waals surface area contributed by atoms with E-state index in [4.69, 9.17) is 0 Å². The molecule has 0 radical (unpaired) electrons. The van der Waals surface area contributed by atoms with Gasteiger partial charge in [-0.2, -0.15) is 0 Å². The molecule has 0 aliphatic carbocycles. The second kappa shape index (κ2) is 5.97. The zero-order chi connectivity index (χ0) is 12.1. The Morgan fingerprint density at radius 3 is 2.35 bits per heavy atom. The van der Waals surface area contributed by atoms with Crippen LogP contribution in [-0.4, -0.2) is 23.8 Å². The van der Waals surface area contributed by atoms with E-state index in [0.717, 1.165) is 12.1 Å². The summed E-state index contributed by atoms with van der Waals surface area (Å²) < 4.78 is 0. The zero-order valence-corrected chi connectivity index (χ0v) is 10.6. The van der Waals surface area contributed by atoms with Crippen molar-refractivity contribution in [3.63, 3.8) is 0 Å². The third-order valence-corrected chi connectivity index (χ3v) is 3.45. The number of rotatable bonds is 4. The predicted octanol–water partition coefficient (Wildman–Crippen LogP) is 3.27. The van der Waals surface area contributed by atoms with Gasteiger partial charge in [-0.15, -0.1) is 0 Å². The average molecular weight is 231 g/mol. The highest BCUT2D eigenvalue weighted by Gasteiger charge is 2.10. The van der Waals surface area contributed by atoms with Gasteiger partial charge in [-0.1, -0.05) is 37.6 Å². The topological polar surface area (TPSA) is 20.3 Å². The van der Waals surface area contributed by atoms with E-state index in [0.29, 0.717) is 6.42 Å². The third kappa shape index (κ3) is 3.40. The highest BCUT2D eigenvalue weighted by atomic mass is 16.1. The average Bonchev–Trinajstić information content (AvgIpc) is 2.40. The Hall–Kier alpha value is -1.15. The molecule has 1 heterocycles. The predicted molar refractivity (Wildman–Crippen MR) is 70.2 cm³/mol. The Balaban J connectivity index is 1.95. The molecule has 2 heteroatoms. The van der Waals surface area contributed by atoms with Crippen LogP contribution >= 0.6 is 0 Å². The van der Waals surface area contributed by atoms with Crippen LogP contribution in [0.4, 0.5) is 0 Å². The van der Waals surface area contributed by atoms with Gasteiger partial charge in [0.05, 0.1) is 0 Å². The van der Waals surface area contributed by atoms with Gasteiger partial charge in [0.25, 0.3) is 0 Å². The molecule has 0 saturated carbocycles. The van der Waals surface area contributed by atoms with Gasteiger partial charge in [0.1, 0.15) is 0 Å². The highest BCUT2D eigenvalue weighted by Crippen LogP contribution is 2.14. The van der Waals surface area contributed by atoms with Gasteiger partial charge in [0.15, 0.2) is 5.78 Å². The molecule has 1 fully saturated rings. The molecule has 0 bridgehead atoms. The molecule has 1 aliphatic rings. The van der Waals surface area contributed by atoms with Crippen molar-refractivity contribution in [3.05, 3.63) is 35.4 Å². The van der Waals surface area contributed by atoms with Crippen molar-refractivity contribution < 1.29 is 4.79 Å². The van der Waals surface area contributed by atoms with E-state index >= 15 is 0 Å². The summed E-state index contributed by atoms with van der Waals surface area (Å²) >= 11 is 0. The number of carbonyl (C=O) groups is 1. The fraction of sp³-hybridized carbons (Fsp3) is 0.533. The molecular formula is C15H21NO. The lowest BCUT2D eigenvalue weighted by Gasteiger charge is -2.26. The lowest BCUT2D eigenvalue weighted by molar-refractivity contribution is 0.0988. The minimum atomic E-state index is 0.231. The molecule has 0 aromatic heterocycles. The van der Waals surface area contributed by atoms with Gasteiger partial charge >= 0.3 is 0 Å². The number of benzene rings is 1. The van der Waals surface area contributed by atoms with Crippen molar-refractivity contribution in [1.29, 1.82) is 0 Å². The number of carbonyl (C=O) groups excluding carboxylic acids is 1. The summed E-state index contributed by atoms with van der Waals surface area (Å²) in [5, 5.41) is 0. The second-order valence-electron chi connectivity index (χ2n) is 4.81. The van der Waals surface area contributed by atoms with E-state index < -0.39 is 0 Å². The van der Waals surface area contributed by atoms with Gasteiger partial charge < -0.3 is 0 Å². The Labute approximate surface area is 104 Å². The first-order valence-electron chi connectivity index (χ1n) is 6.64. The number of ketones is 1. The van der Waals surface area contributed by atoms with Crippen molar-refractivity contribution in [2.24, 2.45) is 0 Å². The van der Waals surface area contributed by atoms with Crippen molar-refractivity contribution in [2.75, 3.05) is 13.1 Å². The Morgan fingerprint density at radius 2 is 1.76 bits per heavy atom. The molecule has 1 aliphatic heterocycles. The van der Waals surface area contributed by atoms with E-state index in [1.165, 1.54) is 37.9 Å². The summed E-state index contributed by atoms with van der Waals surface area (Å²) in [6.45, 7) is 5.37. The number of nitrogens with zero attached hydrogens (tertiary/aromatic N) is 1. The first-order valence-corrected chi connectivity index (χ1v) is 6.64. The Bertz CT molecular complexity index is 363. The minimum Gasteiger partial charge on any atom is -0.299 e. The zero-order valence-electron chi connectivity index (χ0n) is 10.6. The van der Waals surface area contributed by atoms with Gasteiger partial charge in [0, 0.05) is 18.5 Å². The van der Waals surface area contributed by atoms with Crippen LogP contribution in [0.2, 0.25) is 0 Å². The van der Waals surface area contributed by atoms with Crippen molar-refractivity contribution in [1.82, 2.24) is 4.90 Å². The van der Waals surface area contributed by atoms with Crippen molar-refractivity contribution >= 4 is 5.78 Å². The second-order valence-corrected chi connectivity index (χ2v) is 4.81. The van der Waals surface area contributed by atoms with E-state index in [-0.39, 0.29) is 5.78 Å². The SMILES string of the molecule is CCC(=O)c1ccc(CN2CCCCC2)cc1. The van der Waals surface area contributed by atoms with Crippen LogP contribution in [0, 0.1) is 0 Å². The molecule has 17 heavy (non-hydrogen) atoms. The number of hydrogen-bond donors (Lipinski definition) is 0. The quantitative estimate of drug-likeness (QED) is 0.741. The maximum absolute atomic E-state index is 11.5. The van der Waals surface area contributed by atoms with Crippen LogP contribution in [0.25, 0.3) is 0 Å². The van der Waals surface area contributed by atoms with Crippen molar-refractivity contribution in [2.45, 2.75) is 39.2 Å². The van der Waals surface area contributed by atoms with E-state index in [1.54, 1.807) is 0 Å². The molecular weight excluding hydrogens is 210 g/mol. The summed E-state index contributed by atoms with van der Waals surface area (Å²) in [5.74, 6) is 0.231. The Morgan fingerprint density at radius 1 is 1.12 bits per heavy atom. The molecule has 0 unspecified atom stereocenters. The number of likely N-dealkylation sites (tertiary alicyclic amines) is 1. The molecule has 0 spiro atoms. The number of piperidine rings is 1. The van der Waals surface area contributed by atoms with Crippen molar-refractivity contribution in [3.8, 4) is 0 Å². The highest BCUT2D eigenvalue weighted by molar-refractivity contribution is 5.95.